The van der Waals surface area contributed by atoms with Crippen molar-refractivity contribution >= 4 is 24.8 Å². The summed E-state index contributed by atoms with van der Waals surface area (Å²) in [5, 5.41) is 3.40. The van der Waals surface area contributed by atoms with Gasteiger partial charge in [-0.15, -0.1) is 31.4 Å². The minimum Gasteiger partial charge on any atom is -0.489 e. The molecule has 5 heteroatoms. The van der Waals surface area contributed by atoms with E-state index < -0.39 is 0 Å². The molecule has 0 amide bonds. The van der Waals surface area contributed by atoms with E-state index in [2.05, 4.69) is 47.1 Å². The van der Waals surface area contributed by atoms with Gasteiger partial charge in [0.15, 0.2) is 0 Å². The van der Waals surface area contributed by atoms with Gasteiger partial charge >= 0.3 is 0 Å². The molecule has 136 valence electrons. The highest BCUT2D eigenvalue weighted by molar-refractivity contribution is 5.85. The van der Waals surface area contributed by atoms with Crippen molar-refractivity contribution in [2.24, 2.45) is 0 Å². The molecule has 0 aliphatic carbocycles. The number of halogens is 2. The van der Waals surface area contributed by atoms with E-state index in [1.54, 1.807) is 0 Å². The third-order valence-corrected chi connectivity index (χ3v) is 4.24. The van der Waals surface area contributed by atoms with E-state index in [-0.39, 0.29) is 30.9 Å². The van der Waals surface area contributed by atoms with Crippen LogP contribution in [-0.4, -0.2) is 31.1 Å². The first-order valence-electron chi connectivity index (χ1n) is 8.21. The van der Waals surface area contributed by atoms with Crippen LogP contribution >= 0.6 is 24.8 Å². The van der Waals surface area contributed by atoms with Gasteiger partial charge in [-0.25, -0.2) is 0 Å². The Bertz CT molecular complexity index is 631. The van der Waals surface area contributed by atoms with Crippen LogP contribution < -0.4 is 10.1 Å². The van der Waals surface area contributed by atoms with Crippen molar-refractivity contribution in [3.05, 3.63) is 78.4 Å². The summed E-state index contributed by atoms with van der Waals surface area (Å²) in [5.74, 6) is 0.944. The molecule has 1 saturated heterocycles. The summed E-state index contributed by atoms with van der Waals surface area (Å²) in [6, 6.07) is 18.8. The highest BCUT2D eigenvalue weighted by Crippen LogP contribution is 2.31. The monoisotopic (exact) mass is 380 g/mol. The van der Waals surface area contributed by atoms with E-state index in [0.29, 0.717) is 6.61 Å². The molecule has 1 aliphatic rings. The van der Waals surface area contributed by atoms with Gasteiger partial charge in [0.25, 0.3) is 0 Å². The van der Waals surface area contributed by atoms with Crippen molar-refractivity contribution in [1.82, 2.24) is 10.2 Å². The number of piperazine rings is 1. The first-order chi connectivity index (χ1) is 11.4. The second-order valence-corrected chi connectivity index (χ2v) is 5.78. The molecule has 2 aromatic carbocycles. The normalized spacial score (nSPS) is 15.4. The Kier molecular flexibility index (Phi) is 9.61. The van der Waals surface area contributed by atoms with E-state index in [4.69, 9.17) is 4.74 Å². The third kappa shape index (κ3) is 5.75. The molecule has 1 atom stereocenters. The van der Waals surface area contributed by atoms with Gasteiger partial charge in [0.2, 0.25) is 0 Å². The largest absolute Gasteiger partial charge is 0.489 e. The summed E-state index contributed by atoms with van der Waals surface area (Å²) in [6.45, 7) is 8.75. The number of benzene rings is 2. The van der Waals surface area contributed by atoms with E-state index in [0.717, 1.165) is 31.9 Å². The van der Waals surface area contributed by atoms with Crippen LogP contribution in [0.3, 0.4) is 0 Å². The Morgan fingerprint density at radius 1 is 1.00 bits per heavy atom. The Morgan fingerprint density at radius 3 is 2.32 bits per heavy atom. The van der Waals surface area contributed by atoms with Crippen molar-refractivity contribution in [3.8, 4) is 5.75 Å². The first-order valence-corrected chi connectivity index (χ1v) is 8.21. The van der Waals surface area contributed by atoms with Gasteiger partial charge in [-0.05, 0) is 11.6 Å². The number of hydrogen-bond acceptors (Lipinski definition) is 3. The highest BCUT2D eigenvalue weighted by atomic mass is 35.5. The molecule has 0 aromatic heterocycles. The maximum atomic E-state index is 6.11. The minimum atomic E-state index is 0. The predicted octanol–water partition coefficient (Wildman–Crippen LogP) is 4.24. The van der Waals surface area contributed by atoms with Crippen LogP contribution in [0.2, 0.25) is 0 Å². The number of rotatable bonds is 6. The number of ether oxygens (including phenoxy) is 1. The van der Waals surface area contributed by atoms with Gasteiger partial charge < -0.3 is 10.1 Å². The lowest BCUT2D eigenvalue weighted by Crippen LogP contribution is -2.44. The summed E-state index contributed by atoms with van der Waals surface area (Å²) >= 11 is 0. The van der Waals surface area contributed by atoms with Gasteiger partial charge in [-0.3, -0.25) is 4.90 Å². The maximum absolute atomic E-state index is 6.11. The molecule has 0 radical (unpaired) electrons. The molecule has 3 rings (SSSR count). The minimum absolute atomic E-state index is 0. The molecular formula is C20H26Cl2N2O. The van der Waals surface area contributed by atoms with Crippen molar-refractivity contribution in [2.45, 2.75) is 12.6 Å². The molecule has 2 aromatic rings. The van der Waals surface area contributed by atoms with Gasteiger partial charge in [-0.2, -0.15) is 0 Å². The van der Waals surface area contributed by atoms with E-state index in [9.17, 15) is 0 Å². The van der Waals surface area contributed by atoms with Crippen LogP contribution in [0.15, 0.2) is 67.3 Å². The highest BCUT2D eigenvalue weighted by Gasteiger charge is 2.22. The van der Waals surface area contributed by atoms with Gasteiger partial charge in [0, 0.05) is 31.7 Å². The Labute approximate surface area is 162 Å². The van der Waals surface area contributed by atoms with E-state index in [1.807, 2.05) is 30.3 Å². The molecular weight excluding hydrogens is 355 g/mol. The van der Waals surface area contributed by atoms with Crippen molar-refractivity contribution in [3.63, 3.8) is 0 Å². The summed E-state index contributed by atoms with van der Waals surface area (Å²) in [6.07, 6.45) is 2.02. The molecule has 1 heterocycles. The third-order valence-electron chi connectivity index (χ3n) is 4.24. The zero-order chi connectivity index (χ0) is 15.9. The van der Waals surface area contributed by atoms with Crippen LogP contribution in [0.1, 0.15) is 17.2 Å². The SMILES string of the molecule is C=C[C@H](c1ccccc1OCc1ccccc1)N1CCNCC1.Cl.Cl. The van der Waals surface area contributed by atoms with Gasteiger partial charge in [0.05, 0.1) is 6.04 Å². The van der Waals surface area contributed by atoms with E-state index >= 15 is 0 Å². The lowest BCUT2D eigenvalue weighted by atomic mass is 10.0. The number of nitrogens with zero attached hydrogens (tertiary/aromatic N) is 1. The van der Waals surface area contributed by atoms with Gasteiger partial charge in [0.1, 0.15) is 12.4 Å². The Morgan fingerprint density at radius 2 is 1.64 bits per heavy atom. The summed E-state index contributed by atoms with van der Waals surface area (Å²) in [5.41, 5.74) is 2.37. The summed E-state index contributed by atoms with van der Waals surface area (Å²) in [7, 11) is 0. The maximum Gasteiger partial charge on any atom is 0.124 e. The van der Waals surface area contributed by atoms with Crippen LogP contribution in [0.4, 0.5) is 0 Å². The standard InChI is InChI=1S/C20H24N2O.2ClH/c1-2-19(22-14-12-21-13-15-22)18-10-6-7-11-20(18)23-16-17-8-4-3-5-9-17;;/h2-11,19,21H,1,12-16H2;2*1H/t19-;;/m1../s1. The zero-order valence-corrected chi connectivity index (χ0v) is 15.9. The zero-order valence-electron chi connectivity index (χ0n) is 14.3. The predicted molar refractivity (Wildman–Crippen MR) is 109 cm³/mol. The second-order valence-electron chi connectivity index (χ2n) is 5.78. The fourth-order valence-corrected chi connectivity index (χ4v) is 3.02. The van der Waals surface area contributed by atoms with Crippen LogP contribution in [0, 0.1) is 0 Å². The lowest BCUT2D eigenvalue weighted by molar-refractivity contribution is 0.197. The fraction of sp³-hybridized carbons (Fsp3) is 0.300. The quantitative estimate of drug-likeness (QED) is 0.758. The van der Waals surface area contributed by atoms with Crippen LogP contribution in [0.25, 0.3) is 0 Å². The second kappa shape index (κ2) is 11.2. The van der Waals surface area contributed by atoms with Crippen LogP contribution in [0.5, 0.6) is 5.75 Å². The topological polar surface area (TPSA) is 24.5 Å². The summed E-state index contributed by atoms with van der Waals surface area (Å²) in [4.78, 5) is 2.45. The fourth-order valence-electron chi connectivity index (χ4n) is 3.02. The van der Waals surface area contributed by atoms with Crippen molar-refractivity contribution < 1.29 is 4.74 Å². The smallest absolute Gasteiger partial charge is 0.124 e. The average Bonchev–Trinajstić information content (AvgIpc) is 2.63. The molecule has 1 fully saturated rings. The summed E-state index contributed by atoms with van der Waals surface area (Å²) < 4.78 is 6.11. The Hall–Kier alpha value is -1.52. The molecule has 0 unspecified atom stereocenters. The van der Waals surface area contributed by atoms with Crippen molar-refractivity contribution in [1.29, 1.82) is 0 Å². The van der Waals surface area contributed by atoms with Gasteiger partial charge in [-0.1, -0.05) is 54.6 Å². The molecule has 0 spiro atoms. The Balaban J connectivity index is 0.00000156. The molecule has 0 saturated carbocycles. The molecule has 3 nitrogen and oxygen atoms in total. The molecule has 1 aliphatic heterocycles. The van der Waals surface area contributed by atoms with Crippen LogP contribution in [-0.2, 0) is 6.61 Å². The molecule has 25 heavy (non-hydrogen) atoms. The lowest BCUT2D eigenvalue weighted by Gasteiger charge is -2.34. The van der Waals surface area contributed by atoms with Crippen molar-refractivity contribution in [2.75, 3.05) is 26.2 Å². The van der Waals surface area contributed by atoms with E-state index in [1.165, 1.54) is 11.1 Å². The number of nitrogens with one attached hydrogen (secondary N) is 1. The molecule has 0 bridgehead atoms. The number of hydrogen-bond donors (Lipinski definition) is 1. The number of para-hydroxylation sites is 1. The average molecular weight is 381 g/mol. The molecule has 1 N–H and O–H groups in total. The first kappa shape index (κ1) is 21.5.